The predicted octanol–water partition coefficient (Wildman–Crippen LogP) is 3.29. The molecule has 0 saturated heterocycles. The predicted molar refractivity (Wildman–Crippen MR) is 82.8 cm³/mol. The van der Waals surface area contributed by atoms with Gasteiger partial charge >= 0.3 is 6.03 Å². The summed E-state index contributed by atoms with van der Waals surface area (Å²) >= 11 is 0. The summed E-state index contributed by atoms with van der Waals surface area (Å²) in [5.74, 6) is 0. The average molecular weight is 272 g/mol. The Morgan fingerprint density at radius 3 is 2.50 bits per heavy atom. The van der Waals surface area contributed by atoms with Crippen molar-refractivity contribution in [3.63, 3.8) is 0 Å². The highest BCUT2D eigenvalue weighted by molar-refractivity contribution is 5.75. The Morgan fingerprint density at radius 2 is 1.90 bits per heavy atom. The van der Waals surface area contributed by atoms with Crippen LogP contribution in [0, 0.1) is 6.92 Å². The van der Waals surface area contributed by atoms with Gasteiger partial charge in [0.25, 0.3) is 0 Å². The summed E-state index contributed by atoms with van der Waals surface area (Å²) in [5, 5.41) is 3.01. The van der Waals surface area contributed by atoms with Crippen LogP contribution in [0.25, 0.3) is 0 Å². The zero-order chi connectivity index (χ0) is 14.5. The van der Waals surface area contributed by atoms with Crippen molar-refractivity contribution >= 4 is 6.03 Å². The Balaban J connectivity index is 1.75. The molecule has 0 radical (unpaired) electrons. The zero-order valence-electron chi connectivity index (χ0n) is 12.7. The van der Waals surface area contributed by atoms with Crippen LogP contribution in [-0.2, 0) is 6.42 Å². The van der Waals surface area contributed by atoms with Gasteiger partial charge in [0.15, 0.2) is 0 Å². The highest BCUT2D eigenvalue weighted by Gasteiger charge is 2.21. The van der Waals surface area contributed by atoms with Gasteiger partial charge in [-0.15, -0.1) is 0 Å². The summed E-state index contributed by atoms with van der Waals surface area (Å²) in [6.07, 6.45) is 1.92. The molecule has 0 aromatic heterocycles. The lowest BCUT2D eigenvalue weighted by molar-refractivity contribution is 0.209. The van der Waals surface area contributed by atoms with Crippen LogP contribution in [0.5, 0.6) is 0 Å². The standard InChI is InChI=1S/C17H24N2O/c1-4-16-12-19(11-14(16)3)17(20)18-10-9-15-7-5-13(2)6-8-15/h5-8H,4,9-12H2,1-3H3,(H,18,20). The second-order valence-corrected chi connectivity index (χ2v) is 5.56. The smallest absolute Gasteiger partial charge is 0.317 e. The highest BCUT2D eigenvalue weighted by atomic mass is 16.2. The van der Waals surface area contributed by atoms with Crippen LogP contribution in [-0.4, -0.2) is 30.6 Å². The van der Waals surface area contributed by atoms with E-state index in [9.17, 15) is 4.79 Å². The lowest BCUT2D eigenvalue weighted by atomic mass is 10.1. The number of benzene rings is 1. The van der Waals surface area contributed by atoms with Gasteiger partial charge < -0.3 is 10.2 Å². The first-order valence-electron chi connectivity index (χ1n) is 7.36. The van der Waals surface area contributed by atoms with Crippen molar-refractivity contribution in [3.05, 3.63) is 46.5 Å². The third-order valence-electron chi connectivity index (χ3n) is 3.94. The van der Waals surface area contributed by atoms with Crippen LogP contribution in [0.2, 0.25) is 0 Å². The van der Waals surface area contributed by atoms with E-state index in [1.807, 2.05) is 4.90 Å². The van der Waals surface area contributed by atoms with Crippen LogP contribution in [0.15, 0.2) is 35.4 Å². The summed E-state index contributed by atoms with van der Waals surface area (Å²) in [4.78, 5) is 14.0. The van der Waals surface area contributed by atoms with E-state index in [4.69, 9.17) is 0 Å². The molecule has 108 valence electrons. The minimum atomic E-state index is 0.0555. The van der Waals surface area contributed by atoms with E-state index in [0.717, 1.165) is 25.9 Å². The highest BCUT2D eigenvalue weighted by Crippen LogP contribution is 2.19. The molecule has 2 amide bonds. The van der Waals surface area contributed by atoms with Gasteiger partial charge in [0.2, 0.25) is 0 Å². The molecule has 0 fully saturated rings. The van der Waals surface area contributed by atoms with Gasteiger partial charge in [0, 0.05) is 19.6 Å². The zero-order valence-corrected chi connectivity index (χ0v) is 12.7. The number of urea groups is 1. The van der Waals surface area contributed by atoms with Crippen molar-refractivity contribution in [2.24, 2.45) is 0 Å². The Labute approximate surface area is 121 Å². The van der Waals surface area contributed by atoms with Crippen molar-refractivity contribution in [1.29, 1.82) is 0 Å². The second-order valence-electron chi connectivity index (χ2n) is 5.56. The molecule has 0 spiro atoms. The molecule has 1 N–H and O–H groups in total. The maximum absolute atomic E-state index is 12.1. The summed E-state index contributed by atoms with van der Waals surface area (Å²) in [6.45, 7) is 8.62. The maximum atomic E-state index is 12.1. The van der Waals surface area contributed by atoms with Gasteiger partial charge in [0.1, 0.15) is 0 Å². The lowest BCUT2D eigenvalue weighted by Gasteiger charge is -2.17. The van der Waals surface area contributed by atoms with E-state index in [0.29, 0.717) is 6.54 Å². The van der Waals surface area contributed by atoms with Crippen LogP contribution in [0.4, 0.5) is 4.79 Å². The van der Waals surface area contributed by atoms with E-state index in [1.54, 1.807) is 0 Å². The largest absolute Gasteiger partial charge is 0.338 e. The second kappa shape index (κ2) is 6.60. The van der Waals surface area contributed by atoms with E-state index >= 15 is 0 Å². The first kappa shape index (κ1) is 14.6. The summed E-state index contributed by atoms with van der Waals surface area (Å²) in [6, 6.07) is 8.52. The average Bonchev–Trinajstić information content (AvgIpc) is 2.82. The summed E-state index contributed by atoms with van der Waals surface area (Å²) in [7, 11) is 0. The van der Waals surface area contributed by atoms with Gasteiger partial charge in [-0.05, 0) is 32.3 Å². The third-order valence-corrected chi connectivity index (χ3v) is 3.94. The number of nitrogens with one attached hydrogen (secondary N) is 1. The monoisotopic (exact) mass is 272 g/mol. The molecule has 0 bridgehead atoms. The van der Waals surface area contributed by atoms with Crippen molar-refractivity contribution in [2.45, 2.75) is 33.6 Å². The fourth-order valence-electron chi connectivity index (χ4n) is 2.56. The quantitative estimate of drug-likeness (QED) is 0.838. The molecule has 1 heterocycles. The Bertz CT molecular complexity index is 502. The van der Waals surface area contributed by atoms with Crippen LogP contribution in [0.1, 0.15) is 31.4 Å². The van der Waals surface area contributed by atoms with Crippen LogP contribution >= 0.6 is 0 Å². The molecule has 3 heteroatoms. The van der Waals surface area contributed by atoms with Crippen molar-refractivity contribution in [3.8, 4) is 0 Å². The number of carbonyl (C=O) groups excluding carboxylic acids is 1. The molecule has 1 aromatic carbocycles. The minimum Gasteiger partial charge on any atom is -0.338 e. The van der Waals surface area contributed by atoms with Crippen molar-refractivity contribution < 1.29 is 4.79 Å². The SMILES string of the molecule is CCC1=C(C)CN(C(=O)NCCc2ccc(C)cc2)C1. The van der Waals surface area contributed by atoms with Crippen LogP contribution in [0.3, 0.4) is 0 Å². The summed E-state index contributed by atoms with van der Waals surface area (Å²) < 4.78 is 0. The molecule has 1 aliphatic heterocycles. The topological polar surface area (TPSA) is 32.3 Å². The number of hydrogen-bond donors (Lipinski definition) is 1. The molecule has 1 aromatic rings. The van der Waals surface area contributed by atoms with Crippen LogP contribution < -0.4 is 5.32 Å². The van der Waals surface area contributed by atoms with E-state index < -0.39 is 0 Å². The molecule has 0 saturated carbocycles. The van der Waals surface area contributed by atoms with Crippen molar-refractivity contribution in [1.82, 2.24) is 10.2 Å². The third kappa shape index (κ3) is 3.62. The molecular formula is C17H24N2O. The van der Waals surface area contributed by atoms with Gasteiger partial charge in [-0.25, -0.2) is 4.79 Å². The van der Waals surface area contributed by atoms with Gasteiger partial charge in [-0.1, -0.05) is 47.9 Å². The fourth-order valence-corrected chi connectivity index (χ4v) is 2.56. The molecule has 1 aliphatic rings. The van der Waals surface area contributed by atoms with E-state index in [2.05, 4.69) is 50.4 Å². The van der Waals surface area contributed by atoms with Gasteiger partial charge in [0.05, 0.1) is 0 Å². The van der Waals surface area contributed by atoms with Crippen molar-refractivity contribution in [2.75, 3.05) is 19.6 Å². The normalized spacial score (nSPS) is 14.8. The molecule has 0 aliphatic carbocycles. The minimum absolute atomic E-state index is 0.0555. The lowest BCUT2D eigenvalue weighted by Crippen LogP contribution is -2.39. The molecular weight excluding hydrogens is 248 g/mol. The Hall–Kier alpha value is -1.77. The molecule has 3 nitrogen and oxygen atoms in total. The molecule has 0 unspecified atom stereocenters. The molecule has 2 rings (SSSR count). The van der Waals surface area contributed by atoms with E-state index in [1.165, 1.54) is 22.3 Å². The Kier molecular flexibility index (Phi) is 4.83. The number of rotatable bonds is 4. The maximum Gasteiger partial charge on any atom is 0.317 e. The fraction of sp³-hybridized carbons (Fsp3) is 0.471. The summed E-state index contributed by atoms with van der Waals surface area (Å²) in [5.41, 5.74) is 5.28. The molecule has 20 heavy (non-hydrogen) atoms. The molecule has 0 atom stereocenters. The number of aryl methyl sites for hydroxylation is 1. The number of amides is 2. The van der Waals surface area contributed by atoms with Gasteiger partial charge in [-0.3, -0.25) is 0 Å². The number of carbonyl (C=O) groups is 1. The van der Waals surface area contributed by atoms with Gasteiger partial charge in [-0.2, -0.15) is 0 Å². The first-order valence-corrected chi connectivity index (χ1v) is 7.36. The number of hydrogen-bond acceptors (Lipinski definition) is 1. The Morgan fingerprint density at radius 1 is 1.20 bits per heavy atom. The first-order chi connectivity index (χ1) is 9.60. The number of nitrogens with zero attached hydrogens (tertiary/aromatic N) is 1. The van der Waals surface area contributed by atoms with E-state index in [-0.39, 0.29) is 6.03 Å².